The lowest BCUT2D eigenvalue weighted by atomic mass is 10.2. The van der Waals surface area contributed by atoms with Gasteiger partial charge in [-0.2, -0.15) is 4.98 Å². The van der Waals surface area contributed by atoms with E-state index >= 15 is 0 Å². The van der Waals surface area contributed by atoms with Crippen molar-refractivity contribution >= 4 is 29.1 Å². The third-order valence-corrected chi connectivity index (χ3v) is 4.22. The highest BCUT2D eigenvalue weighted by Crippen LogP contribution is 2.23. The maximum Gasteiger partial charge on any atom is 0.229 e. The molecular weight excluding hydrogens is 351 g/mol. The highest BCUT2D eigenvalue weighted by Gasteiger charge is 2.14. The van der Waals surface area contributed by atoms with Crippen LogP contribution in [0.1, 0.15) is 19.4 Å². The zero-order valence-electron chi connectivity index (χ0n) is 14.7. The summed E-state index contributed by atoms with van der Waals surface area (Å²) in [4.78, 5) is 11.0. The molecule has 4 nitrogen and oxygen atoms in total. The van der Waals surface area contributed by atoms with Gasteiger partial charge in [-0.25, -0.2) is 9.37 Å². The number of nitrogens with zero attached hydrogens (tertiary/aromatic N) is 3. The summed E-state index contributed by atoms with van der Waals surface area (Å²) in [6.45, 7) is 4.99. The van der Waals surface area contributed by atoms with Gasteiger partial charge in [0.05, 0.1) is 5.02 Å². The van der Waals surface area contributed by atoms with Crippen molar-refractivity contribution in [3.8, 4) is 0 Å². The van der Waals surface area contributed by atoms with Crippen molar-refractivity contribution in [1.82, 2.24) is 9.97 Å². The van der Waals surface area contributed by atoms with Crippen molar-refractivity contribution in [2.24, 2.45) is 0 Å². The largest absolute Gasteiger partial charge is 0.350 e. The molecule has 0 aliphatic heterocycles. The predicted octanol–water partition coefficient (Wildman–Crippen LogP) is 5.43. The van der Waals surface area contributed by atoms with Crippen molar-refractivity contribution in [1.29, 1.82) is 0 Å². The van der Waals surface area contributed by atoms with E-state index in [1.807, 2.05) is 24.3 Å². The second kappa shape index (κ2) is 8.15. The molecule has 134 valence electrons. The van der Waals surface area contributed by atoms with Crippen LogP contribution in [0.4, 0.5) is 21.8 Å². The summed E-state index contributed by atoms with van der Waals surface area (Å²) >= 11 is 5.83. The van der Waals surface area contributed by atoms with E-state index in [9.17, 15) is 4.39 Å². The maximum absolute atomic E-state index is 13.3. The first-order valence-electron chi connectivity index (χ1n) is 8.38. The van der Waals surface area contributed by atoms with Crippen LogP contribution in [0, 0.1) is 5.82 Å². The Morgan fingerprint density at radius 3 is 2.58 bits per heavy atom. The third kappa shape index (κ3) is 4.49. The topological polar surface area (TPSA) is 41.1 Å². The molecule has 1 heterocycles. The van der Waals surface area contributed by atoms with E-state index in [1.165, 1.54) is 17.7 Å². The molecule has 0 fully saturated rings. The summed E-state index contributed by atoms with van der Waals surface area (Å²) in [6, 6.07) is 16.8. The number of aromatic nitrogens is 2. The maximum atomic E-state index is 13.3. The summed E-state index contributed by atoms with van der Waals surface area (Å²) < 4.78 is 13.3. The van der Waals surface area contributed by atoms with Gasteiger partial charge >= 0.3 is 0 Å². The van der Waals surface area contributed by atoms with Gasteiger partial charge in [-0.05, 0) is 43.7 Å². The fourth-order valence-corrected chi connectivity index (χ4v) is 2.76. The van der Waals surface area contributed by atoms with Crippen LogP contribution in [-0.4, -0.2) is 16.0 Å². The molecule has 1 N–H and O–H groups in total. The lowest BCUT2D eigenvalue weighted by Gasteiger charge is -2.28. The van der Waals surface area contributed by atoms with Gasteiger partial charge in [0.1, 0.15) is 11.6 Å². The summed E-state index contributed by atoms with van der Waals surface area (Å²) in [5.41, 5.74) is 1.84. The number of hydrogen-bond acceptors (Lipinski definition) is 4. The zero-order chi connectivity index (χ0) is 18.5. The van der Waals surface area contributed by atoms with Crippen LogP contribution in [0.15, 0.2) is 60.8 Å². The van der Waals surface area contributed by atoms with E-state index in [0.717, 1.165) is 12.4 Å². The van der Waals surface area contributed by atoms with Gasteiger partial charge in [-0.15, -0.1) is 0 Å². The highest BCUT2D eigenvalue weighted by atomic mass is 35.5. The number of benzene rings is 2. The normalized spacial score (nSPS) is 10.8. The van der Waals surface area contributed by atoms with Crippen LogP contribution in [0.25, 0.3) is 0 Å². The monoisotopic (exact) mass is 370 g/mol. The molecule has 26 heavy (non-hydrogen) atoms. The van der Waals surface area contributed by atoms with E-state index in [-0.39, 0.29) is 11.1 Å². The fourth-order valence-electron chi connectivity index (χ4n) is 2.58. The molecule has 0 unspecified atom stereocenters. The zero-order valence-corrected chi connectivity index (χ0v) is 15.4. The lowest BCUT2D eigenvalue weighted by Crippen LogP contribution is -2.31. The minimum absolute atomic E-state index is 0.0547. The van der Waals surface area contributed by atoms with Crippen LogP contribution >= 0.6 is 11.6 Å². The number of halogens is 2. The van der Waals surface area contributed by atoms with Gasteiger partial charge in [0.2, 0.25) is 5.95 Å². The first kappa shape index (κ1) is 18.1. The van der Waals surface area contributed by atoms with Gasteiger partial charge in [0.15, 0.2) is 0 Å². The second-order valence-corrected chi connectivity index (χ2v) is 6.61. The Morgan fingerprint density at radius 1 is 1.12 bits per heavy atom. The number of nitrogens with one attached hydrogen (secondary N) is 1. The molecule has 2 aromatic carbocycles. The van der Waals surface area contributed by atoms with Crippen molar-refractivity contribution < 1.29 is 4.39 Å². The molecule has 0 radical (unpaired) electrons. The molecule has 3 aromatic rings. The molecule has 0 saturated carbocycles. The van der Waals surface area contributed by atoms with Gasteiger partial charge in [-0.1, -0.05) is 41.9 Å². The van der Waals surface area contributed by atoms with Gasteiger partial charge in [-0.3, -0.25) is 0 Å². The molecular formula is C20H20ClFN4. The molecule has 0 aliphatic rings. The Labute approximate surface area is 157 Å². The quantitative estimate of drug-likeness (QED) is 0.628. The van der Waals surface area contributed by atoms with Gasteiger partial charge in [0, 0.05) is 24.5 Å². The third-order valence-electron chi connectivity index (χ3n) is 3.93. The van der Waals surface area contributed by atoms with E-state index in [0.29, 0.717) is 11.6 Å². The fraction of sp³-hybridized carbons (Fsp3) is 0.200. The Morgan fingerprint density at radius 2 is 1.88 bits per heavy atom. The van der Waals surface area contributed by atoms with Gasteiger partial charge < -0.3 is 10.2 Å². The van der Waals surface area contributed by atoms with Crippen LogP contribution in [0.5, 0.6) is 0 Å². The standard InChI is InChI=1S/C20H20ClFN4/c1-14(2)26(13-15-6-4-3-5-7-15)19-10-11-23-20(25-19)24-16-8-9-18(22)17(21)12-16/h3-12,14H,13H2,1-2H3,(H,23,24,25). The Bertz CT molecular complexity index is 871. The van der Waals surface area contributed by atoms with Crippen molar-refractivity contribution in [3.63, 3.8) is 0 Å². The summed E-state index contributed by atoms with van der Waals surface area (Å²) in [7, 11) is 0. The average molecular weight is 371 g/mol. The molecule has 1 aromatic heterocycles. The van der Waals surface area contributed by atoms with Crippen LogP contribution < -0.4 is 10.2 Å². The van der Waals surface area contributed by atoms with E-state index in [1.54, 1.807) is 12.3 Å². The Kier molecular flexibility index (Phi) is 5.68. The van der Waals surface area contributed by atoms with E-state index in [4.69, 9.17) is 11.6 Å². The van der Waals surface area contributed by atoms with Crippen LogP contribution in [-0.2, 0) is 6.54 Å². The summed E-state index contributed by atoms with van der Waals surface area (Å²) in [6.07, 6.45) is 1.70. The minimum atomic E-state index is -0.458. The highest BCUT2D eigenvalue weighted by molar-refractivity contribution is 6.31. The molecule has 0 bridgehead atoms. The number of rotatable bonds is 6. The van der Waals surface area contributed by atoms with Crippen molar-refractivity contribution in [3.05, 3.63) is 77.2 Å². The Hall–Kier alpha value is -2.66. The number of hydrogen-bond donors (Lipinski definition) is 1. The number of anilines is 3. The SMILES string of the molecule is CC(C)N(Cc1ccccc1)c1ccnc(Nc2ccc(F)c(Cl)c2)n1. The molecule has 0 spiro atoms. The van der Waals surface area contributed by atoms with E-state index in [2.05, 4.69) is 46.2 Å². The second-order valence-electron chi connectivity index (χ2n) is 6.20. The van der Waals surface area contributed by atoms with Crippen LogP contribution in [0.3, 0.4) is 0 Å². The lowest BCUT2D eigenvalue weighted by molar-refractivity contribution is 0.628. The van der Waals surface area contributed by atoms with Gasteiger partial charge in [0.25, 0.3) is 0 Å². The van der Waals surface area contributed by atoms with E-state index < -0.39 is 5.82 Å². The van der Waals surface area contributed by atoms with Crippen molar-refractivity contribution in [2.75, 3.05) is 10.2 Å². The van der Waals surface area contributed by atoms with Crippen LogP contribution in [0.2, 0.25) is 5.02 Å². The average Bonchev–Trinajstić information content (AvgIpc) is 2.64. The summed E-state index contributed by atoms with van der Waals surface area (Å²) in [5.74, 6) is 0.791. The molecule has 0 saturated heterocycles. The molecule has 6 heteroatoms. The molecule has 0 atom stereocenters. The first-order valence-corrected chi connectivity index (χ1v) is 8.76. The minimum Gasteiger partial charge on any atom is -0.350 e. The Balaban J connectivity index is 1.82. The smallest absolute Gasteiger partial charge is 0.229 e. The molecule has 0 amide bonds. The molecule has 3 rings (SSSR count). The molecule has 0 aliphatic carbocycles. The first-order chi connectivity index (χ1) is 12.5. The van der Waals surface area contributed by atoms with Crippen molar-refractivity contribution in [2.45, 2.75) is 26.4 Å². The summed E-state index contributed by atoms with van der Waals surface area (Å²) in [5, 5.41) is 3.12. The predicted molar refractivity (Wildman–Crippen MR) is 104 cm³/mol.